The van der Waals surface area contributed by atoms with Crippen molar-refractivity contribution in [3.63, 3.8) is 0 Å². The Hall–Kier alpha value is -2.94. The number of carbonyl (C=O) groups excluding carboxylic acids is 4. The normalized spacial score (nSPS) is 10.4. The lowest BCUT2D eigenvalue weighted by Gasteiger charge is -2.08. The monoisotopic (exact) mass is 377 g/mol. The molecule has 0 atom stereocenters. The van der Waals surface area contributed by atoms with Crippen LogP contribution in [0.2, 0.25) is 0 Å². The van der Waals surface area contributed by atoms with Gasteiger partial charge in [0.05, 0.1) is 22.7 Å². The summed E-state index contributed by atoms with van der Waals surface area (Å²) in [6, 6.07) is 3.35. The number of amides is 2. The van der Waals surface area contributed by atoms with Crippen LogP contribution < -0.4 is 11.1 Å². The molecule has 0 spiro atoms. The van der Waals surface area contributed by atoms with Crippen LogP contribution >= 0.6 is 11.3 Å². The summed E-state index contributed by atoms with van der Waals surface area (Å²) >= 11 is 0.937. The van der Waals surface area contributed by atoms with E-state index >= 15 is 0 Å². The Morgan fingerprint density at radius 1 is 1.38 bits per heavy atom. The van der Waals surface area contributed by atoms with E-state index in [-0.39, 0.29) is 34.4 Å². The fraction of sp³-hybridized carbons (Fsp3) is 0.294. The lowest BCUT2D eigenvalue weighted by molar-refractivity contribution is -0.116. The first kappa shape index (κ1) is 19.4. The third kappa shape index (κ3) is 4.17. The molecule has 0 bridgehead atoms. The predicted molar refractivity (Wildman–Crippen MR) is 96.6 cm³/mol. The number of aryl methyl sites for hydroxylation is 1. The summed E-state index contributed by atoms with van der Waals surface area (Å²) in [5.74, 6) is -1.67. The largest absolute Gasteiger partial charge is 0.462 e. The van der Waals surface area contributed by atoms with E-state index in [1.807, 2.05) is 0 Å². The highest BCUT2D eigenvalue weighted by molar-refractivity contribution is 7.18. The van der Waals surface area contributed by atoms with Gasteiger partial charge >= 0.3 is 5.97 Å². The number of nitrogens with zero attached hydrogens (tertiary/aromatic N) is 1. The molecular formula is C17H19N3O5S. The van der Waals surface area contributed by atoms with E-state index in [4.69, 9.17) is 10.5 Å². The predicted octanol–water partition coefficient (Wildman–Crippen LogP) is 1.97. The first-order valence-corrected chi connectivity index (χ1v) is 8.71. The molecule has 138 valence electrons. The summed E-state index contributed by atoms with van der Waals surface area (Å²) in [5.41, 5.74) is 6.30. The molecule has 3 N–H and O–H groups in total. The van der Waals surface area contributed by atoms with Gasteiger partial charge in [-0.3, -0.25) is 14.4 Å². The third-order valence-corrected chi connectivity index (χ3v) is 4.89. The zero-order valence-corrected chi connectivity index (χ0v) is 15.2. The van der Waals surface area contributed by atoms with Crippen molar-refractivity contribution >= 4 is 40.4 Å². The number of aldehydes is 1. The molecule has 0 aromatic carbocycles. The molecule has 2 rings (SSSR count). The molecule has 8 nitrogen and oxygen atoms in total. The van der Waals surface area contributed by atoms with Crippen LogP contribution in [0.15, 0.2) is 18.3 Å². The number of hydrogen-bond acceptors (Lipinski definition) is 6. The van der Waals surface area contributed by atoms with Crippen molar-refractivity contribution in [2.24, 2.45) is 5.73 Å². The molecular weight excluding hydrogens is 358 g/mol. The van der Waals surface area contributed by atoms with Gasteiger partial charge in [-0.1, -0.05) is 0 Å². The second kappa shape index (κ2) is 8.43. The Balaban J connectivity index is 2.17. The van der Waals surface area contributed by atoms with Crippen molar-refractivity contribution in [3.05, 3.63) is 40.0 Å². The quantitative estimate of drug-likeness (QED) is 0.538. The molecule has 0 saturated carbocycles. The molecule has 2 aromatic rings. The number of nitrogens with two attached hydrogens (primary N) is 1. The molecule has 0 aliphatic heterocycles. The van der Waals surface area contributed by atoms with Crippen LogP contribution in [-0.4, -0.2) is 35.2 Å². The third-order valence-electron chi connectivity index (χ3n) is 3.67. The van der Waals surface area contributed by atoms with Crippen LogP contribution in [0.1, 0.15) is 49.4 Å². The molecule has 0 radical (unpaired) electrons. The highest BCUT2D eigenvalue weighted by atomic mass is 32.1. The summed E-state index contributed by atoms with van der Waals surface area (Å²) in [4.78, 5) is 47.0. The van der Waals surface area contributed by atoms with E-state index in [9.17, 15) is 19.2 Å². The van der Waals surface area contributed by atoms with Gasteiger partial charge in [0, 0.05) is 19.2 Å². The maximum atomic E-state index is 12.3. The number of anilines is 1. The van der Waals surface area contributed by atoms with Crippen molar-refractivity contribution in [3.8, 4) is 0 Å². The average molecular weight is 377 g/mol. The van der Waals surface area contributed by atoms with Crippen LogP contribution in [0.3, 0.4) is 0 Å². The van der Waals surface area contributed by atoms with Gasteiger partial charge in [-0.15, -0.1) is 11.3 Å². The average Bonchev–Trinajstić information content (AvgIpc) is 3.17. The standard InChI is InChI=1S/C17H19N3O5S/c1-3-25-17(24)13-10(2)14(15(18)23)26-16(13)19-12(22)6-8-20-7-4-5-11(20)9-21/h4-5,7,9H,3,6,8H2,1-2H3,(H2,18,23)(H,19,22). The van der Waals surface area contributed by atoms with Gasteiger partial charge in [0.2, 0.25) is 5.91 Å². The van der Waals surface area contributed by atoms with Crippen molar-refractivity contribution in [2.75, 3.05) is 11.9 Å². The first-order valence-electron chi connectivity index (χ1n) is 7.89. The van der Waals surface area contributed by atoms with Gasteiger partial charge in [-0.2, -0.15) is 0 Å². The Morgan fingerprint density at radius 3 is 2.73 bits per heavy atom. The van der Waals surface area contributed by atoms with Gasteiger partial charge in [0.25, 0.3) is 5.91 Å². The first-order chi connectivity index (χ1) is 12.4. The van der Waals surface area contributed by atoms with E-state index in [2.05, 4.69) is 5.32 Å². The number of carbonyl (C=O) groups is 4. The lowest BCUT2D eigenvalue weighted by atomic mass is 10.1. The van der Waals surface area contributed by atoms with E-state index in [1.165, 1.54) is 0 Å². The molecule has 9 heteroatoms. The van der Waals surface area contributed by atoms with Gasteiger partial charge in [0.1, 0.15) is 5.00 Å². The van der Waals surface area contributed by atoms with Crippen LogP contribution in [0, 0.1) is 6.92 Å². The van der Waals surface area contributed by atoms with Gasteiger partial charge in [-0.05, 0) is 31.5 Å². The minimum atomic E-state index is -0.679. The van der Waals surface area contributed by atoms with Crippen LogP contribution in [0.4, 0.5) is 5.00 Å². The molecule has 0 aliphatic rings. The number of nitrogens with one attached hydrogen (secondary N) is 1. The molecule has 0 saturated heterocycles. The number of ether oxygens (including phenoxy) is 1. The summed E-state index contributed by atoms with van der Waals surface area (Å²) in [6.07, 6.45) is 2.49. The van der Waals surface area contributed by atoms with E-state index in [0.29, 0.717) is 24.1 Å². The summed E-state index contributed by atoms with van der Waals surface area (Å²) in [7, 11) is 0. The van der Waals surface area contributed by atoms with Gasteiger partial charge in [-0.25, -0.2) is 4.79 Å². The number of hydrogen-bond donors (Lipinski definition) is 2. The van der Waals surface area contributed by atoms with E-state index in [0.717, 1.165) is 11.3 Å². The number of thiophene rings is 1. The molecule has 0 aliphatic carbocycles. The van der Waals surface area contributed by atoms with Crippen molar-refractivity contribution in [2.45, 2.75) is 26.8 Å². The second-order valence-corrected chi connectivity index (χ2v) is 6.41. The molecule has 0 unspecified atom stereocenters. The molecule has 2 heterocycles. The smallest absolute Gasteiger partial charge is 0.341 e. The Bertz CT molecular complexity index is 853. The number of aromatic nitrogens is 1. The fourth-order valence-electron chi connectivity index (χ4n) is 2.43. The topological polar surface area (TPSA) is 120 Å². The minimum Gasteiger partial charge on any atom is -0.462 e. The maximum Gasteiger partial charge on any atom is 0.341 e. The fourth-order valence-corrected chi connectivity index (χ4v) is 3.50. The van der Waals surface area contributed by atoms with Crippen LogP contribution in [0.5, 0.6) is 0 Å². The summed E-state index contributed by atoms with van der Waals surface area (Å²) in [6.45, 7) is 3.70. The van der Waals surface area contributed by atoms with Gasteiger partial charge in [0.15, 0.2) is 6.29 Å². The van der Waals surface area contributed by atoms with Crippen molar-refractivity contribution < 1.29 is 23.9 Å². The number of rotatable bonds is 8. The highest BCUT2D eigenvalue weighted by Crippen LogP contribution is 2.33. The molecule has 2 aromatic heterocycles. The maximum absolute atomic E-state index is 12.3. The van der Waals surface area contributed by atoms with E-state index in [1.54, 1.807) is 36.7 Å². The highest BCUT2D eigenvalue weighted by Gasteiger charge is 2.25. The molecule has 0 fully saturated rings. The van der Waals surface area contributed by atoms with Crippen LogP contribution in [0.25, 0.3) is 0 Å². The van der Waals surface area contributed by atoms with Gasteiger partial charge < -0.3 is 20.4 Å². The number of primary amides is 1. The summed E-state index contributed by atoms with van der Waals surface area (Å²) in [5, 5.41) is 2.86. The second-order valence-electron chi connectivity index (χ2n) is 5.39. The minimum absolute atomic E-state index is 0.0840. The molecule has 26 heavy (non-hydrogen) atoms. The SMILES string of the molecule is CCOC(=O)c1c(NC(=O)CCn2cccc2C=O)sc(C(N)=O)c1C. The summed E-state index contributed by atoms with van der Waals surface area (Å²) < 4.78 is 6.64. The number of esters is 1. The van der Waals surface area contributed by atoms with Crippen LogP contribution in [-0.2, 0) is 16.1 Å². The Labute approximate surface area is 153 Å². The zero-order chi connectivity index (χ0) is 19.3. The molecule has 2 amide bonds. The van der Waals surface area contributed by atoms with E-state index < -0.39 is 11.9 Å². The van der Waals surface area contributed by atoms with Crippen molar-refractivity contribution in [1.29, 1.82) is 0 Å². The Morgan fingerprint density at radius 2 is 2.12 bits per heavy atom. The zero-order valence-electron chi connectivity index (χ0n) is 14.4. The van der Waals surface area contributed by atoms with Crippen molar-refractivity contribution in [1.82, 2.24) is 4.57 Å². The lowest BCUT2D eigenvalue weighted by Crippen LogP contribution is -2.17. The Kier molecular flexibility index (Phi) is 6.29.